The number of hydrogen-bond acceptors (Lipinski definition) is 14. The Hall–Kier alpha value is -4.17. The fraction of sp³-hybridized carbons (Fsp3) is 0.414. The Morgan fingerprint density at radius 2 is 2.04 bits per heavy atom. The molecule has 3 aromatic rings. The molecule has 2 atom stereocenters. The Balaban J connectivity index is 1.02. The number of nitrogens with two attached hydrogens (primary N) is 1. The third-order valence-electron chi connectivity index (χ3n) is 8.61. The minimum Gasteiger partial charge on any atom is -0.543 e. The summed E-state index contributed by atoms with van der Waals surface area (Å²) >= 11 is 10.0. The summed E-state index contributed by atoms with van der Waals surface area (Å²) in [6.45, 7) is 4.01. The first-order chi connectivity index (χ1) is 23.6. The Bertz CT molecular complexity index is 1900. The van der Waals surface area contributed by atoms with Crippen LogP contribution in [0.4, 0.5) is 10.9 Å². The lowest BCUT2D eigenvalue weighted by Crippen LogP contribution is -2.71. The van der Waals surface area contributed by atoms with Crippen LogP contribution < -0.4 is 31.2 Å². The van der Waals surface area contributed by atoms with Crippen molar-refractivity contribution >= 4 is 86.4 Å². The minimum atomic E-state index is -1.47. The minimum absolute atomic E-state index is 0.0110. The molecule has 16 nitrogen and oxygen atoms in total. The maximum atomic E-state index is 13.3. The smallest absolute Gasteiger partial charge is 0.276 e. The van der Waals surface area contributed by atoms with Gasteiger partial charge in [-0.3, -0.25) is 24.7 Å². The molecule has 258 valence electrons. The number of thiazole rings is 1. The molecule has 0 aromatic carbocycles. The average Bonchev–Trinajstić information content (AvgIpc) is 3.91. The number of carbonyl (C=O) groups is 4. The molecule has 4 N–H and O–H groups in total. The lowest BCUT2D eigenvalue weighted by Gasteiger charge is -2.50. The second-order valence-corrected chi connectivity index (χ2v) is 15.4. The molecule has 2 fully saturated rings. The van der Waals surface area contributed by atoms with Crippen molar-refractivity contribution in [2.75, 3.05) is 43.1 Å². The van der Waals surface area contributed by atoms with Crippen LogP contribution in [0.2, 0.25) is 4.34 Å². The number of rotatable bonds is 11. The lowest BCUT2D eigenvalue weighted by atomic mass is 10.0. The number of β-lactam (4-membered cyclic amide) rings is 1. The van der Waals surface area contributed by atoms with Crippen LogP contribution >= 0.6 is 46.0 Å². The van der Waals surface area contributed by atoms with E-state index in [-0.39, 0.29) is 39.0 Å². The van der Waals surface area contributed by atoms with E-state index < -0.39 is 29.2 Å². The number of halogens is 1. The van der Waals surface area contributed by atoms with Crippen molar-refractivity contribution in [2.45, 2.75) is 43.9 Å². The summed E-state index contributed by atoms with van der Waals surface area (Å²) in [6, 6.07) is 2.88. The number of fused-ring (bicyclic) bond motifs is 2. The van der Waals surface area contributed by atoms with Crippen molar-refractivity contribution in [3.8, 4) is 0 Å². The molecule has 0 unspecified atom stereocenters. The number of aromatic nitrogens is 3. The Morgan fingerprint density at radius 1 is 1.24 bits per heavy atom. The second-order valence-electron chi connectivity index (χ2n) is 11.7. The number of thioether (sulfide) groups is 1. The normalized spacial score (nSPS) is 20.7. The lowest BCUT2D eigenvalue weighted by molar-refractivity contribution is -0.766. The summed E-state index contributed by atoms with van der Waals surface area (Å²) in [5, 5.41) is 22.1. The summed E-state index contributed by atoms with van der Waals surface area (Å²) < 4.78 is 4.12. The largest absolute Gasteiger partial charge is 0.543 e. The van der Waals surface area contributed by atoms with Crippen LogP contribution in [0, 0.1) is 0 Å². The molecule has 4 aliphatic rings. The number of hydrazine groups is 1. The van der Waals surface area contributed by atoms with Gasteiger partial charge in [-0.15, -0.1) is 32.5 Å². The van der Waals surface area contributed by atoms with E-state index in [0.717, 1.165) is 54.5 Å². The second kappa shape index (κ2) is 13.6. The van der Waals surface area contributed by atoms with E-state index in [2.05, 4.69) is 30.5 Å². The molecule has 7 heterocycles. The molecule has 0 aliphatic carbocycles. The van der Waals surface area contributed by atoms with E-state index in [0.29, 0.717) is 30.0 Å². The molecule has 2 saturated heterocycles. The number of oxime groups is 1. The summed E-state index contributed by atoms with van der Waals surface area (Å²) in [7, 11) is 1.25. The van der Waals surface area contributed by atoms with Gasteiger partial charge in [0.15, 0.2) is 29.4 Å². The number of anilines is 2. The highest BCUT2D eigenvalue weighted by Gasteiger charge is 2.53. The van der Waals surface area contributed by atoms with Crippen LogP contribution in [-0.4, -0.2) is 92.9 Å². The molecule has 7 rings (SSSR count). The first-order valence-electron chi connectivity index (χ1n) is 15.3. The van der Waals surface area contributed by atoms with Crippen molar-refractivity contribution < 1.29 is 33.8 Å². The first-order valence-corrected chi connectivity index (χ1v) is 18.4. The van der Waals surface area contributed by atoms with Gasteiger partial charge in [0.05, 0.1) is 36.4 Å². The molecule has 4 aliphatic heterocycles. The Morgan fingerprint density at radius 3 is 2.76 bits per heavy atom. The molecular weight excluding hydrogens is 716 g/mol. The highest BCUT2D eigenvalue weighted by Crippen LogP contribution is 2.40. The number of hydrogen-bond donors (Lipinski definition) is 3. The van der Waals surface area contributed by atoms with E-state index in [1.165, 1.54) is 23.8 Å². The number of carbonyl (C=O) groups excluding carboxylic acids is 4. The standard InChI is InChI=1S/C29H31ClN10O6S3/c1-46-35-20(19-23(30)49-29(31)33-19)25(42)32-21-26(43)40-22(28(44)45)16(14-48-27(21)40)11-38-7-4-18-36(8-9-39(18)38)12-17-10-15(13-47-17)24(41)34-37-5-2-3-6-37/h4,7,10,13,21,27H,2-3,5-6,8-9,11-12,14H2,1H3,(H4-,31,32,33,34,41,42,44,45)/b35-20-/t21-,27-/m1/s1. The molecule has 20 heteroatoms. The Kier molecular flexibility index (Phi) is 9.27. The van der Waals surface area contributed by atoms with Crippen LogP contribution in [0.25, 0.3) is 0 Å². The van der Waals surface area contributed by atoms with Gasteiger partial charge in [0.25, 0.3) is 17.7 Å². The fourth-order valence-electron chi connectivity index (χ4n) is 6.34. The monoisotopic (exact) mass is 746 g/mol. The molecule has 49 heavy (non-hydrogen) atoms. The quantitative estimate of drug-likeness (QED) is 0.101. The van der Waals surface area contributed by atoms with Crippen LogP contribution in [0.1, 0.15) is 33.8 Å². The van der Waals surface area contributed by atoms with E-state index in [9.17, 15) is 24.3 Å². The van der Waals surface area contributed by atoms with Crippen molar-refractivity contribution in [3.05, 3.63) is 55.5 Å². The SMILES string of the molecule is CO/N=C(\C(=O)N[C@@H]1C(=O)N2C(C(=O)[O-])=C(C[n+]3ccc4n3CCN4Cc3cc(C(=O)NN4CCCC4)cs3)CS[C@H]12)c1nc(N)sc1Cl. The van der Waals surface area contributed by atoms with Crippen LogP contribution in [0.15, 0.2) is 40.1 Å². The number of carboxylic acids is 1. The van der Waals surface area contributed by atoms with Gasteiger partial charge >= 0.3 is 0 Å². The van der Waals surface area contributed by atoms with Gasteiger partial charge < -0.3 is 30.7 Å². The predicted octanol–water partition coefficient (Wildman–Crippen LogP) is -0.255. The summed E-state index contributed by atoms with van der Waals surface area (Å²) in [6.07, 6.45) is 4.05. The highest BCUT2D eigenvalue weighted by molar-refractivity contribution is 8.00. The zero-order valence-electron chi connectivity index (χ0n) is 26.1. The van der Waals surface area contributed by atoms with Gasteiger partial charge in [0.1, 0.15) is 28.6 Å². The third-order valence-corrected chi connectivity index (χ3v) is 12.0. The average molecular weight is 747 g/mol. The number of carboxylic acid groups (broad SMARTS) is 1. The highest BCUT2D eigenvalue weighted by atomic mass is 35.5. The van der Waals surface area contributed by atoms with Crippen molar-refractivity contribution in [1.29, 1.82) is 0 Å². The summed E-state index contributed by atoms with van der Waals surface area (Å²) in [5.74, 6) is -1.67. The number of nitrogens with one attached hydrogen (secondary N) is 2. The maximum absolute atomic E-state index is 13.3. The molecule has 0 radical (unpaired) electrons. The van der Waals surface area contributed by atoms with Crippen molar-refractivity contribution in [1.82, 2.24) is 30.3 Å². The molecule has 0 bridgehead atoms. The topological polar surface area (TPSA) is 194 Å². The maximum Gasteiger partial charge on any atom is 0.276 e. The van der Waals surface area contributed by atoms with Gasteiger partial charge in [-0.1, -0.05) is 28.1 Å². The number of amides is 3. The van der Waals surface area contributed by atoms with E-state index in [4.69, 9.17) is 22.2 Å². The zero-order chi connectivity index (χ0) is 34.4. The molecule has 3 aromatic heterocycles. The predicted molar refractivity (Wildman–Crippen MR) is 180 cm³/mol. The van der Waals surface area contributed by atoms with Gasteiger partial charge in [-0.25, -0.2) is 9.99 Å². The number of nitrogen functional groups attached to an aromatic ring is 1. The molecule has 0 saturated carbocycles. The number of aliphatic carboxylic acids is 1. The number of thiophene rings is 1. The zero-order valence-corrected chi connectivity index (χ0v) is 29.3. The van der Waals surface area contributed by atoms with Gasteiger partial charge in [0, 0.05) is 41.2 Å². The van der Waals surface area contributed by atoms with E-state index in [1.54, 1.807) is 11.3 Å². The third kappa shape index (κ3) is 6.36. The van der Waals surface area contributed by atoms with Crippen LogP contribution in [0.3, 0.4) is 0 Å². The molecular formula is C29H31ClN10O6S3. The van der Waals surface area contributed by atoms with Gasteiger partial charge in [-0.05, 0) is 18.9 Å². The Labute approximate surface area is 297 Å². The van der Waals surface area contributed by atoms with Crippen LogP contribution in [-0.2, 0) is 38.9 Å². The van der Waals surface area contributed by atoms with E-state index >= 15 is 0 Å². The van der Waals surface area contributed by atoms with Crippen molar-refractivity contribution in [3.63, 3.8) is 0 Å². The summed E-state index contributed by atoms with van der Waals surface area (Å²) in [4.78, 5) is 64.8. The van der Waals surface area contributed by atoms with Crippen LogP contribution in [0.5, 0.6) is 0 Å². The van der Waals surface area contributed by atoms with E-state index in [1.807, 2.05) is 33.4 Å². The molecule has 0 spiro atoms. The molecule has 3 amide bonds. The summed E-state index contributed by atoms with van der Waals surface area (Å²) in [5.41, 5.74) is 9.40. The number of nitrogens with zero attached hydrogens (tertiary/aromatic N) is 7. The van der Waals surface area contributed by atoms with Gasteiger partial charge in [-0.2, -0.15) is 0 Å². The fourth-order valence-corrected chi connectivity index (χ4v) is 9.49. The first kappa shape index (κ1) is 33.3. The van der Waals surface area contributed by atoms with Crippen molar-refractivity contribution in [2.24, 2.45) is 5.16 Å². The van der Waals surface area contributed by atoms with Gasteiger partial charge in [0.2, 0.25) is 0 Å².